The fourth-order valence-corrected chi connectivity index (χ4v) is 5.17. The zero-order valence-electron chi connectivity index (χ0n) is 18.4. The van der Waals surface area contributed by atoms with E-state index in [0.29, 0.717) is 49.4 Å². The van der Waals surface area contributed by atoms with Crippen molar-refractivity contribution in [1.82, 2.24) is 14.3 Å². The number of benzene rings is 2. The van der Waals surface area contributed by atoms with Crippen molar-refractivity contribution >= 4 is 15.8 Å². The van der Waals surface area contributed by atoms with Crippen molar-refractivity contribution in [2.24, 2.45) is 0 Å². The van der Waals surface area contributed by atoms with Gasteiger partial charge in [0.25, 0.3) is 0 Å². The number of ether oxygens (including phenoxy) is 2. The predicted molar refractivity (Wildman–Crippen MR) is 122 cm³/mol. The summed E-state index contributed by atoms with van der Waals surface area (Å²) in [5, 5.41) is 0. The first-order chi connectivity index (χ1) is 15.4. The van der Waals surface area contributed by atoms with E-state index in [0.717, 1.165) is 11.4 Å². The molecule has 1 aromatic heterocycles. The Morgan fingerprint density at radius 2 is 1.62 bits per heavy atom. The number of methoxy groups -OCH3 is 1. The van der Waals surface area contributed by atoms with Crippen LogP contribution < -0.4 is 14.4 Å². The molecule has 0 amide bonds. The van der Waals surface area contributed by atoms with Crippen molar-refractivity contribution in [2.45, 2.75) is 18.7 Å². The zero-order chi connectivity index (χ0) is 22.7. The van der Waals surface area contributed by atoms with Crippen LogP contribution in [0.1, 0.15) is 11.4 Å². The summed E-state index contributed by atoms with van der Waals surface area (Å²) in [5.74, 6) is 3.14. The third-order valence-electron chi connectivity index (χ3n) is 5.33. The molecular formula is C23H26N4O4S. The van der Waals surface area contributed by atoms with Crippen LogP contribution in [0.3, 0.4) is 0 Å². The summed E-state index contributed by atoms with van der Waals surface area (Å²) in [5.41, 5.74) is 0.787. The van der Waals surface area contributed by atoms with Crippen molar-refractivity contribution < 1.29 is 17.9 Å². The second kappa shape index (κ2) is 9.13. The fraction of sp³-hybridized carbons (Fsp3) is 0.304. The Labute approximate surface area is 188 Å². The average molecular weight is 455 g/mol. The number of anilines is 1. The molecule has 3 aromatic rings. The zero-order valence-corrected chi connectivity index (χ0v) is 19.2. The Hall–Kier alpha value is -3.17. The Morgan fingerprint density at radius 3 is 2.28 bits per heavy atom. The SMILES string of the molecule is COc1ccc(S(=O)(=O)N2CCN(c3cc(Oc4ccccc4)nc(C)n3)CC2)cc1C. The standard InChI is InChI=1S/C23H26N4O4S/c1-17-15-20(9-10-21(17)30-3)32(28,29)27-13-11-26(12-14-27)22-16-23(25-18(2)24-22)31-19-7-5-4-6-8-19/h4-10,15-16H,11-14H2,1-3H3. The molecule has 1 saturated heterocycles. The summed E-state index contributed by atoms with van der Waals surface area (Å²) in [6.07, 6.45) is 0. The van der Waals surface area contributed by atoms with Gasteiger partial charge in [0.2, 0.25) is 15.9 Å². The van der Waals surface area contributed by atoms with Crippen LogP contribution in [0.2, 0.25) is 0 Å². The molecule has 8 nitrogen and oxygen atoms in total. The van der Waals surface area contributed by atoms with E-state index in [2.05, 4.69) is 14.9 Å². The van der Waals surface area contributed by atoms with Gasteiger partial charge in [-0.1, -0.05) is 18.2 Å². The number of para-hydroxylation sites is 1. The molecular weight excluding hydrogens is 428 g/mol. The molecule has 0 N–H and O–H groups in total. The summed E-state index contributed by atoms with van der Waals surface area (Å²) in [4.78, 5) is 11.2. The molecule has 0 unspecified atom stereocenters. The first-order valence-corrected chi connectivity index (χ1v) is 11.8. The van der Waals surface area contributed by atoms with Gasteiger partial charge < -0.3 is 14.4 Å². The van der Waals surface area contributed by atoms with Gasteiger partial charge in [0, 0.05) is 32.2 Å². The van der Waals surface area contributed by atoms with Crippen LogP contribution in [0.25, 0.3) is 0 Å². The molecule has 1 aliphatic rings. The van der Waals surface area contributed by atoms with Gasteiger partial charge in [-0.05, 0) is 49.7 Å². The minimum atomic E-state index is -3.58. The van der Waals surface area contributed by atoms with E-state index >= 15 is 0 Å². The minimum absolute atomic E-state index is 0.278. The number of aryl methyl sites for hydroxylation is 2. The molecule has 9 heteroatoms. The largest absolute Gasteiger partial charge is 0.496 e. The van der Waals surface area contributed by atoms with Gasteiger partial charge in [-0.2, -0.15) is 9.29 Å². The number of aromatic nitrogens is 2. The molecule has 0 aliphatic carbocycles. The molecule has 0 spiro atoms. The predicted octanol–water partition coefficient (Wildman–Crippen LogP) is 3.41. The monoisotopic (exact) mass is 454 g/mol. The highest BCUT2D eigenvalue weighted by molar-refractivity contribution is 7.89. The van der Waals surface area contributed by atoms with E-state index in [4.69, 9.17) is 9.47 Å². The van der Waals surface area contributed by atoms with E-state index in [9.17, 15) is 8.42 Å². The lowest BCUT2D eigenvalue weighted by molar-refractivity contribution is 0.382. The van der Waals surface area contributed by atoms with Crippen LogP contribution >= 0.6 is 0 Å². The average Bonchev–Trinajstić information content (AvgIpc) is 2.79. The van der Waals surface area contributed by atoms with Crippen molar-refractivity contribution in [3.63, 3.8) is 0 Å². The first-order valence-electron chi connectivity index (χ1n) is 10.3. The summed E-state index contributed by atoms with van der Waals surface area (Å²) >= 11 is 0. The van der Waals surface area contributed by atoms with Gasteiger partial charge in [-0.3, -0.25) is 0 Å². The van der Waals surface area contributed by atoms with Crippen molar-refractivity contribution in [1.29, 1.82) is 0 Å². The molecule has 4 rings (SSSR count). The van der Waals surface area contributed by atoms with Crippen molar-refractivity contribution in [2.75, 3.05) is 38.2 Å². The highest BCUT2D eigenvalue weighted by atomic mass is 32.2. The number of piperazine rings is 1. The second-order valence-corrected chi connectivity index (χ2v) is 9.49. The Balaban J connectivity index is 1.47. The minimum Gasteiger partial charge on any atom is -0.496 e. The number of hydrogen-bond donors (Lipinski definition) is 0. The number of sulfonamides is 1. The first kappa shape index (κ1) is 22.0. The summed E-state index contributed by atoms with van der Waals surface area (Å²) < 4.78 is 38.8. The molecule has 0 bridgehead atoms. The number of hydrogen-bond acceptors (Lipinski definition) is 7. The second-order valence-electron chi connectivity index (χ2n) is 7.55. The lowest BCUT2D eigenvalue weighted by Gasteiger charge is -2.34. The van der Waals surface area contributed by atoms with Gasteiger partial charge in [0.1, 0.15) is 23.1 Å². The van der Waals surface area contributed by atoms with Crippen LogP contribution in [0.15, 0.2) is 59.5 Å². The van der Waals surface area contributed by atoms with Gasteiger partial charge in [0.15, 0.2) is 0 Å². The third-order valence-corrected chi connectivity index (χ3v) is 7.23. The summed E-state index contributed by atoms with van der Waals surface area (Å²) in [6.45, 7) is 5.43. The highest BCUT2D eigenvalue weighted by Gasteiger charge is 2.29. The summed E-state index contributed by atoms with van der Waals surface area (Å²) in [6, 6.07) is 16.2. The van der Waals surface area contributed by atoms with E-state index < -0.39 is 10.0 Å². The molecule has 0 radical (unpaired) electrons. The molecule has 32 heavy (non-hydrogen) atoms. The van der Waals surface area contributed by atoms with Gasteiger partial charge in [-0.15, -0.1) is 0 Å². The van der Waals surface area contributed by atoms with Crippen LogP contribution in [0.4, 0.5) is 5.82 Å². The quantitative estimate of drug-likeness (QED) is 0.564. The Kier molecular flexibility index (Phi) is 6.29. The number of nitrogens with zero attached hydrogens (tertiary/aromatic N) is 4. The molecule has 2 aromatic carbocycles. The molecule has 1 aliphatic heterocycles. The van der Waals surface area contributed by atoms with Crippen LogP contribution in [-0.4, -0.2) is 56.0 Å². The van der Waals surface area contributed by atoms with Crippen LogP contribution in [0, 0.1) is 13.8 Å². The van der Waals surface area contributed by atoms with Crippen LogP contribution in [-0.2, 0) is 10.0 Å². The normalized spacial score (nSPS) is 14.9. The van der Waals surface area contributed by atoms with E-state index in [-0.39, 0.29) is 4.90 Å². The van der Waals surface area contributed by atoms with Crippen molar-refractivity contribution in [3.05, 3.63) is 66.0 Å². The van der Waals surface area contributed by atoms with E-state index in [1.807, 2.05) is 44.2 Å². The molecule has 1 fully saturated rings. The Morgan fingerprint density at radius 1 is 0.906 bits per heavy atom. The van der Waals surface area contributed by atoms with Gasteiger partial charge in [-0.25, -0.2) is 13.4 Å². The van der Waals surface area contributed by atoms with E-state index in [1.54, 1.807) is 31.4 Å². The van der Waals surface area contributed by atoms with Crippen molar-refractivity contribution in [3.8, 4) is 17.4 Å². The van der Waals surface area contributed by atoms with Gasteiger partial charge >= 0.3 is 0 Å². The molecule has 2 heterocycles. The maximum absolute atomic E-state index is 13.1. The topological polar surface area (TPSA) is 84.9 Å². The van der Waals surface area contributed by atoms with Gasteiger partial charge in [0.05, 0.1) is 12.0 Å². The summed E-state index contributed by atoms with van der Waals surface area (Å²) in [7, 11) is -2.01. The smallest absolute Gasteiger partial charge is 0.243 e. The molecule has 0 atom stereocenters. The number of rotatable bonds is 6. The maximum Gasteiger partial charge on any atom is 0.243 e. The molecule has 168 valence electrons. The van der Waals surface area contributed by atoms with Crippen LogP contribution in [0.5, 0.6) is 17.4 Å². The lowest BCUT2D eigenvalue weighted by Crippen LogP contribution is -2.49. The van der Waals surface area contributed by atoms with E-state index in [1.165, 1.54) is 4.31 Å². The third kappa shape index (κ3) is 4.68. The highest BCUT2D eigenvalue weighted by Crippen LogP contribution is 2.27. The molecule has 0 saturated carbocycles. The maximum atomic E-state index is 13.1. The Bertz CT molecular complexity index is 1190. The lowest BCUT2D eigenvalue weighted by atomic mass is 10.2. The fourth-order valence-electron chi connectivity index (χ4n) is 3.67.